The smallest absolute Gasteiger partial charge is 0.231 e. The first-order chi connectivity index (χ1) is 26.4. The van der Waals surface area contributed by atoms with Gasteiger partial charge in [0.1, 0.15) is 17.3 Å². The number of carbonyl (C=O) groups is 1. The molecule has 13 heteroatoms. The van der Waals surface area contributed by atoms with Crippen molar-refractivity contribution in [1.82, 2.24) is 19.6 Å². The number of anilines is 2. The quantitative estimate of drug-likeness (QED) is 0.133. The number of benzene rings is 4. The molecule has 4 heterocycles. The van der Waals surface area contributed by atoms with E-state index < -0.39 is 0 Å². The Bertz CT molecular complexity index is 1740. The first-order valence-electron chi connectivity index (χ1n) is 18.7. The van der Waals surface area contributed by atoms with Gasteiger partial charge in [0.15, 0.2) is 23.0 Å². The molecule has 2 atom stereocenters. The van der Waals surface area contributed by atoms with Crippen LogP contribution in [0.5, 0.6) is 34.5 Å². The maximum Gasteiger partial charge on any atom is 0.231 e. The van der Waals surface area contributed by atoms with Crippen molar-refractivity contribution in [3.8, 4) is 34.5 Å². The summed E-state index contributed by atoms with van der Waals surface area (Å²) < 4.78 is 22.1. The molecule has 0 aromatic heterocycles. The van der Waals surface area contributed by atoms with Gasteiger partial charge in [0.05, 0.1) is 12.3 Å². The third-order valence-electron chi connectivity index (χ3n) is 10.6. The summed E-state index contributed by atoms with van der Waals surface area (Å²) in [6.07, 6.45) is 0.201. The predicted molar refractivity (Wildman–Crippen MR) is 204 cm³/mol. The van der Waals surface area contributed by atoms with E-state index in [-0.39, 0.29) is 43.2 Å². The van der Waals surface area contributed by atoms with Gasteiger partial charge in [-0.05, 0) is 83.9 Å². The van der Waals surface area contributed by atoms with E-state index in [0.717, 1.165) is 99.8 Å². The van der Waals surface area contributed by atoms with Crippen LogP contribution in [0, 0.1) is 0 Å². The van der Waals surface area contributed by atoms with Crippen LogP contribution in [-0.4, -0.2) is 114 Å². The summed E-state index contributed by atoms with van der Waals surface area (Å²) >= 11 is 0. The minimum Gasteiger partial charge on any atom is -0.508 e. The van der Waals surface area contributed by atoms with E-state index in [1.54, 1.807) is 24.3 Å². The molecule has 0 saturated carbocycles. The number of rotatable bonds is 14. The Balaban J connectivity index is 0.915. The van der Waals surface area contributed by atoms with Crippen LogP contribution in [0.1, 0.15) is 24.0 Å². The zero-order valence-electron chi connectivity index (χ0n) is 30.4. The summed E-state index contributed by atoms with van der Waals surface area (Å²) in [4.78, 5) is 23.7. The van der Waals surface area contributed by atoms with E-state index in [2.05, 4.69) is 54.5 Å². The molecule has 4 aromatic carbocycles. The molecule has 2 saturated heterocycles. The Morgan fingerprint density at radius 2 is 0.926 bits per heavy atom. The number of carbonyl (C=O) groups excluding carboxylic acids is 1. The predicted octanol–water partition coefficient (Wildman–Crippen LogP) is 4.72. The van der Waals surface area contributed by atoms with Crippen molar-refractivity contribution in [1.29, 1.82) is 0 Å². The highest BCUT2D eigenvalue weighted by Crippen LogP contribution is 2.34. The number of hydrogen-bond donors (Lipinski definition) is 4. The molecule has 0 radical (unpaired) electrons. The molecule has 13 nitrogen and oxygen atoms in total. The van der Waals surface area contributed by atoms with Crippen LogP contribution < -0.4 is 29.6 Å². The number of ether oxygens (including phenoxy) is 4. The third-order valence-corrected chi connectivity index (χ3v) is 10.6. The highest BCUT2D eigenvalue weighted by atomic mass is 16.7. The van der Waals surface area contributed by atoms with Crippen molar-refractivity contribution in [2.24, 2.45) is 0 Å². The van der Waals surface area contributed by atoms with Crippen LogP contribution in [0.4, 0.5) is 11.4 Å². The molecule has 4 aromatic rings. The van der Waals surface area contributed by atoms with Crippen molar-refractivity contribution in [2.75, 3.05) is 76.6 Å². The molecule has 4 aliphatic heterocycles. The second kappa shape index (κ2) is 16.4. The van der Waals surface area contributed by atoms with Gasteiger partial charge in [-0.2, -0.15) is 0 Å². The van der Waals surface area contributed by atoms with Gasteiger partial charge in [0, 0.05) is 89.7 Å². The van der Waals surface area contributed by atoms with Crippen LogP contribution in [0.3, 0.4) is 0 Å². The maximum atomic E-state index is 14.2. The number of piperazine rings is 2. The van der Waals surface area contributed by atoms with E-state index in [1.165, 1.54) is 11.1 Å². The standard InChI is InChI=1S/C41H48N6O7/c48-33-7-3-31(4-8-33)42-40(46-17-13-44(14-18-46)25-29-1-11-36-38(21-29)53-27-51-36)23-35(50)24-41(43-32-5-9-34(49)10-6-32)47-19-15-45(16-20-47)26-30-2-12-37-39(22-30)54-28-52-37/h1-12,21-22,40-43,48-49H,13-20,23-28H2. The summed E-state index contributed by atoms with van der Waals surface area (Å²) in [5.74, 6) is 3.71. The van der Waals surface area contributed by atoms with Crippen LogP contribution in [-0.2, 0) is 17.9 Å². The number of aromatic hydroxyl groups is 2. The molecule has 284 valence electrons. The SMILES string of the molecule is O=C(CC(Nc1ccc(O)cc1)N1CCN(Cc2ccc3c(c2)OCO3)CC1)CC(Nc1ccc(O)cc1)N1CCN(Cc2ccc3c(c2)OCO3)CC1. The Labute approximate surface area is 315 Å². The Morgan fingerprint density at radius 3 is 1.33 bits per heavy atom. The molecule has 2 unspecified atom stereocenters. The van der Waals surface area contributed by atoms with Gasteiger partial charge in [-0.3, -0.25) is 24.4 Å². The number of fused-ring (bicyclic) bond motifs is 2. The second-order valence-corrected chi connectivity index (χ2v) is 14.4. The average Bonchev–Trinajstić information content (AvgIpc) is 3.86. The van der Waals surface area contributed by atoms with Crippen LogP contribution >= 0.6 is 0 Å². The summed E-state index contributed by atoms with van der Waals surface area (Å²) in [5.41, 5.74) is 4.07. The number of phenolic OH excluding ortho intramolecular Hbond substituents is 2. The zero-order valence-corrected chi connectivity index (χ0v) is 30.4. The molecule has 0 spiro atoms. The lowest BCUT2D eigenvalue weighted by Crippen LogP contribution is -2.54. The van der Waals surface area contributed by atoms with Crippen LogP contribution in [0.15, 0.2) is 84.9 Å². The lowest BCUT2D eigenvalue weighted by atomic mass is 10.1. The topological polar surface area (TPSA) is 131 Å². The highest BCUT2D eigenvalue weighted by molar-refractivity contribution is 5.80. The van der Waals surface area contributed by atoms with Gasteiger partial charge >= 0.3 is 0 Å². The van der Waals surface area contributed by atoms with Gasteiger partial charge in [-0.1, -0.05) is 12.1 Å². The molecule has 0 aliphatic carbocycles. The van der Waals surface area contributed by atoms with Gasteiger partial charge in [-0.25, -0.2) is 0 Å². The van der Waals surface area contributed by atoms with E-state index >= 15 is 0 Å². The third kappa shape index (κ3) is 8.93. The van der Waals surface area contributed by atoms with E-state index in [0.29, 0.717) is 12.8 Å². The van der Waals surface area contributed by atoms with Crippen molar-refractivity contribution in [2.45, 2.75) is 38.3 Å². The van der Waals surface area contributed by atoms with Crippen LogP contribution in [0.25, 0.3) is 0 Å². The summed E-state index contributed by atoms with van der Waals surface area (Å²) in [6.45, 7) is 8.79. The molecule has 54 heavy (non-hydrogen) atoms. The number of nitrogens with zero attached hydrogens (tertiary/aromatic N) is 4. The normalized spacial score (nSPS) is 18.7. The minimum absolute atomic E-state index is 0.146. The van der Waals surface area contributed by atoms with Crippen molar-refractivity contribution in [3.05, 3.63) is 96.1 Å². The van der Waals surface area contributed by atoms with Gasteiger partial charge in [0.25, 0.3) is 0 Å². The number of phenols is 2. The van der Waals surface area contributed by atoms with Crippen LogP contribution in [0.2, 0.25) is 0 Å². The fraction of sp³-hybridized carbons (Fsp3) is 0.390. The van der Waals surface area contributed by atoms with Crippen molar-refractivity contribution >= 4 is 17.2 Å². The second-order valence-electron chi connectivity index (χ2n) is 14.4. The van der Waals surface area contributed by atoms with Crippen molar-refractivity contribution in [3.63, 3.8) is 0 Å². The van der Waals surface area contributed by atoms with Gasteiger partial charge in [-0.15, -0.1) is 0 Å². The fourth-order valence-corrected chi connectivity index (χ4v) is 7.62. The molecular formula is C41H48N6O7. The molecule has 4 aliphatic rings. The summed E-state index contributed by atoms with van der Waals surface area (Å²) in [7, 11) is 0. The number of ketones is 1. The number of nitrogens with one attached hydrogen (secondary N) is 2. The summed E-state index contributed by atoms with van der Waals surface area (Å²) in [5, 5.41) is 27.1. The average molecular weight is 737 g/mol. The van der Waals surface area contributed by atoms with E-state index in [1.807, 2.05) is 36.4 Å². The Kier molecular flexibility index (Phi) is 10.9. The van der Waals surface area contributed by atoms with E-state index in [4.69, 9.17) is 18.9 Å². The lowest BCUT2D eigenvalue weighted by Gasteiger charge is -2.41. The van der Waals surface area contributed by atoms with Gasteiger partial charge < -0.3 is 39.8 Å². The first kappa shape index (κ1) is 35.8. The molecule has 4 N–H and O–H groups in total. The number of hydrogen-bond acceptors (Lipinski definition) is 13. The maximum absolute atomic E-state index is 14.2. The van der Waals surface area contributed by atoms with Gasteiger partial charge in [0.2, 0.25) is 13.6 Å². The molecular weight excluding hydrogens is 688 g/mol. The Morgan fingerprint density at radius 1 is 0.537 bits per heavy atom. The summed E-state index contributed by atoms with van der Waals surface area (Å²) in [6, 6.07) is 26.3. The largest absolute Gasteiger partial charge is 0.508 e. The fourth-order valence-electron chi connectivity index (χ4n) is 7.62. The van der Waals surface area contributed by atoms with Crippen molar-refractivity contribution < 1.29 is 34.0 Å². The molecule has 0 bridgehead atoms. The highest BCUT2D eigenvalue weighted by Gasteiger charge is 2.30. The molecule has 2 fully saturated rings. The molecule has 0 amide bonds. The zero-order chi connectivity index (χ0) is 36.9. The Hall–Kier alpha value is -5.21. The molecule has 8 rings (SSSR count). The first-order valence-corrected chi connectivity index (χ1v) is 18.7. The monoisotopic (exact) mass is 736 g/mol. The lowest BCUT2D eigenvalue weighted by molar-refractivity contribution is -0.121. The minimum atomic E-state index is -0.220. The van der Waals surface area contributed by atoms with E-state index in [9.17, 15) is 15.0 Å². The number of Topliss-reactive ketones (excluding diaryl/α,β-unsaturated/α-hetero) is 1.